The van der Waals surface area contributed by atoms with Gasteiger partial charge in [-0.15, -0.1) is 0 Å². The molecule has 4 fully saturated rings. The van der Waals surface area contributed by atoms with E-state index < -0.39 is 16.5 Å². The molecule has 0 spiro atoms. The summed E-state index contributed by atoms with van der Waals surface area (Å²) in [6, 6.07) is 0.571. The van der Waals surface area contributed by atoms with E-state index in [-0.39, 0.29) is 17.4 Å². The van der Waals surface area contributed by atoms with Crippen LogP contribution in [0.1, 0.15) is 125 Å². The van der Waals surface area contributed by atoms with Crippen LogP contribution in [0.15, 0.2) is 0 Å². The summed E-state index contributed by atoms with van der Waals surface area (Å²) in [5.41, 5.74) is 6.08. The Morgan fingerprint density at radius 3 is 2.13 bits per heavy atom. The average Bonchev–Trinajstić information content (AvgIpc) is 3.36. The highest BCUT2D eigenvalue weighted by Crippen LogP contribution is 2.68. The van der Waals surface area contributed by atoms with Crippen molar-refractivity contribution in [1.29, 1.82) is 0 Å². The van der Waals surface area contributed by atoms with Gasteiger partial charge in [-0.05, 0) is 181 Å². The Bertz CT molecular complexity index is 1050. The van der Waals surface area contributed by atoms with Crippen LogP contribution in [-0.4, -0.2) is 75.6 Å². The summed E-state index contributed by atoms with van der Waals surface area (Å²) in [4.78, 5) is 0. The molecule has 4 aliphatic carbocycles. The smallest absolute Gasteiger partial charge is 0.393 e. The van der Waals surface area contributed by atoms with Crippen molar-refractivity contribution in [2.45, 2.75) is 143 Å². The standard InChI is InChI=1S/C37H72N4O5S/c1-26(2)34(46-47(43,44)45)13-10-27(3)30-11-12-31-35-32(15-17-37(30,31)5)36(4)16-14-29(24-28(36)25-33(35)42)41-23-9-22-40-20-7-6-19-39-21-8-18-38/h26-35,39-42H,6-25,38H2,1-5H3,(H,43,44,45)/t27-,28?,29+,30-,31?,32?,33?,34?,35?,36+,37-/m1/s1. The average molecular weight is 685 g/mol. The van der Waals surface area contributed by atoms with Crippen molar-refractivity contribution in [3.8, 4) is 0 Å². The van der Waals surface area contributed by atoms with Crippen LogP contribution in [0, 0.1) is 52.3 Å². The van der Waals surface area contributed by atoms with Gasteiger partial charge in [-0.25, -0.2) is 4.18 Å². The topological polar surface area (TPSA) is 146 Å². The Hall–Kier alpha value is -0.330. The zero-order valence-corrected chi connectivity index (χ0v) is 31.3. The van der Waals surface area contributed by atoms with Crippen LogP contribution in [0.3, 0.4) is 0 Å². The maximum Gasteiger partial charge on any atom is 0.397 e. The predicted octanol–water partition coefficient (Wildman–Crippen LogP) is 5.53. The normalized spacial score (nSPS) is 36.9. The van der Waals surface area contributed by atoms with Gasteiger partial charge >= 0.3 is 10.4 Å². The van der Waals surface area contributed by atoms with E-state index in [9.17, 15) is 18.1 Å². The van der Waals surface area contributed by atoms with Crippen molar-refractivity contribution in [3.63, 3.8) is 0 Å². The third-order valence-corrected chi connectivity index (χ3v) is 14.3. The molecule has 276 valence electrons. The van der Waals surface area contributed by atoms with Gasteiger partial charge in [0.25, 0.3) is 0 Å². The van der Waals surface area contributed by atoms with E-state index in [0.29, 0.717) is 53.4 Å². The Labute approximate surface area is 288 Å². The van der Waals surface area contributed by atoms with E-state index >= 15 is 0 Å². The Morgan fingerprint density at radius 1 is 0.830 bits per heavy atom. The van der Waals surface area contributed by atoms with Crippen LogP contribution in [0.4, 0.5) is 0 Å². The fraction of sp³-hybridized carbons (Fsp3) is 1.00. The van der Waals surface area contributed by atoms with Crippen LogP contribution in [0.2, 0.25) is 0 Å². The van der Waals surface area contributed by atoms with Gasteiger partial charge in [-0.3, -0.25) is 4.55 Å². The molecule has 11 atom stereocenters. The summed E-state index contributed by atoms with van der Waals surface area (Å²) < 4.78 is 37.2. The molecule has 0 amide bonds. The number of nitrogens with one attached hydrogen (secondary N) is 3. The number of hydrogen-bond acceptors (Lipinski definition) is 8. The van der Waals surface area contributed by atoms with Gasteiger partial charge < -0.3 is 26.8 Å². The molecule has 0 aliphatic heterocycles. The monoisotopic (exact) mass is 685 g/mol. The molecule has 7 N–H and O–H groups in total. The van der Waals surface area contributed by atoms with Crippen LogP contribution in [0.25, 0.3) is 0 Å². The van der Waals surface area contributed by atoms with E-state index in [0.717, 1.165) is 65.0 Å². The van der Waals surface area contributed by atoms with Crippen molar-refractivity contribution in [2.24, 2.45) is 58.0 Å². The van der Waals surface area contributed by atoms with Gasteiger partial charge in [0.2, 0.25) is 0 Å². The number of nitrogens with two attached hydrogens (primary N) is 1. The number of fused-ring (bicyclic) bond motifs is 5. The largest absolute Gasteiger partial charge is 0.397 e. The highest BCUT2D eigenvalue weighted by atomic mass is 32.3. The lowest BCUT2D eigenvalue weighted by molar-refractivity contribution is -0.167. The van der Waals surface area contributed by atoms with Gasteiger partial charge in [0.1, 0.15) is 0 Å². The van der Waals surface area contributed by atoms with Crippen LogP contribution < -0.4 is 21.7 Å². The van der Waals surface area contributed by atoms with Crippen molar-refractivity contribution >= 4 is 10.4 Å². The van der Waals surface area contributed by atoms with Crippen molar-refractivity contribution in [2.75, 3.05) is 39.3 Å². The third kappa shape index (κ3) is 10.1. The first-order chi connectivity index (χ1) is 22.3. The predicted molar refractivity (Wildman–Crippen MR) is 191 cm³/mol. The Balaban J connectivity index is 1.23. The van der Waals surface area contributed by atoms with Gasteiger partial charge in [0.05, 0.1) is 12.2 Å². The molecule has 4 aliphatic rings. The molecule has 9 nitrogen and oxygen atoms in total. The molecule has 0 saturated heterocycles. The number of unbranched alkanes of at least 4 members (excludes halogenated alkanes) is 1. The fourth-order valence-electron chi connectivity index (χ4n) is 11.2. The Kier molecular flexibility index (Phi) is 14.9. The molecule has 0 heterocycles. The van der Waals surface area contributed by atoms with Crippen LogP contribution >= 0.6 is 0 Å². The summed E-state index contributed by atoms with van der Waals surface area (Å²) in [5, 5.41) is 22.8. The summed E-state index contributed by atoms with van der Waals surface area (Å²) in [7, 11) is -4.46. The number of rotatable bonds is 20. The highest BCUT2D eigenvalue weighted by Gasteiger charge is 2.62. The molecule has 4 rings (SSSR count). The zero-order chi connectivity index (χ0) is 34.2. The van der Waals surface area contributed by atoms with E-state index in [4.69, 9.17) is 9.92 Å². The van der Waals surface area contributed by atoms with Crippen molar-refractivity contribution < 1.29 is 22.3 Å². The third-order valence-electron chi connectivity index (χ3n) is 13.8. The first kappa shape index (κ1) is 39.5. The number of aliphatic hydroxyl groups excluding tert-OH is 1. The molecule has 0 aromatic heterocycles. The molecule has 47 heavy (non-hydrogen) atoms. The fourth-order valence-corrected chi connectivity index (χ4v) is 11.8. The summed E-state index contributed by atoms with van der Waals surface area (Å²) >= 11 is 0. The van der Waals surface area contributed by atoms with Gasteiger partial charge in [0.15, 0.2) is 0 Å². The van der Waals surface area contributed by atoms with Crippen molar-refractivity contribution in [1.82, 2.24) is 16.0 Å². The van der Waals surface area contributed by atoms with E-state index in [1.165, 1.54) is 57.8 Å². The van der Waals surface area contributed by atoms with E-state index in [1.807, 2.05) is 13.8 Å². The molecular formula is C37H72N4O5S. The summed E-state index contributed by atoms with van der Waals surface area (Å²) in [6.45, 7) is 17.4. The quantitative estimate of drug-likeness (QED) is 0.0720. The second-order valence-electron chi connectivity index (χ2n) is 17.0. The summed E-state index contributed by atoms with van der Waals surface area (Å²) in [6.07, 6.45) is 15.0. The van der Waals surface area contributed by atoms with Crippen LogP contribution in [-0.2, 0) is 14.6 Å². The van der Waals surface area contributed by atoms with Gasteiger partial charge in [-0.1, -0.05) is 34.6 Å². The highest BCUT2D eigenvalue weighted by molar-refractivity contribution is 7.80. The molecule has 0 aromatic carbocycles. The first-order valence-electron chi connectivity index (χ1n) is 19.5. The molecule has 0 bridgehead atoms. The van der Waals surface area contributed by atoms with E-state index in [2.05, 4.69) is 36.7 Å². The molecule has 4 saturated carbocycles. The minimum Gasteiger partial charge on any atom is -0.393 e. The van der Waals surface area contributed by atoms with Crippen LogP contribution in [0.5, 0.6) is 0 Å². The number of aliphatic hydroxyl groups is 1. The lowest BCUT2D eigenvalue weighted by Crippen LogP contribution is -2.59. The molecule has 10 heteroatoms. The lowest BCUT2D eigenvalue weighted by Gasteiger charge is -2.62. The number of hydrogen-bond donors (Lipinski definition) is 6. The first-order valence-corrected chi connectivity index (χ1v) is 20.8. The zero-order valence-electron chi connectivity index (χ0n) is 30.5. The second kappa shape index (κ2) is 17.7. The lowest BCUT2D eigenvalue weighted by atomic mass is 9.43. The molecule has 6 unspecified atom stereocenters. The Morgan fingerprint density at radius 2 is 1.47 bits per heavy atom. The maximum absolute atomic E-state index is 11.8. The summed E-state index contributed by atoms with van der Waals surface area (Å²) in [5.74, 6) is 3.20. The SMILES string of the molecule is CC(C)C(CC[C@@H](C)[C@H]1CCC2C3C(O)CC4C[C@@H](NCCCNCCCCNCCCN)CC[C@]4(C)C3CC[C@@]21C)OS(=O)(=O)O. The minimum atomic E-state index is -4.46. The minimum absolute atomic E-state index is 0.0137. The molecule has 0 aromatic rings. The van der Waals surface area contributed by atoms with Crippen molar-refractivity contribution in [3.05, 3.63) is 0 Å². The van der Waals surface area contributed by atoms with Gasteiger partial charge in [0, 0.05) is 6.04 Å². The second-order valence-corrected chi connectivity index (χ2v) is 18.1. The molecule has 0 radical (unpaired) electrons. The molecular weight excluding hydrogens is 612 g/mol. The van der Waals surface area contributed by atoms with Gasteiger partial charge in [-0.2, -0.15) is 8.42 Å². The maximum atomic E-state index is 11.8. The van der Waals surface area contributed by atoms with E-state index in [1.54, 1.807) is 0 Å².